The number of nitrogens with zero attached hydrogens (tertiary/aromatic N) is 1. The number of carbonyl (C=O) groups is 2. The first-order chi connectivity index (χ1) is 28.9. The average Bonchev–Trinajstić information content (AvgIpc) is 3.24. The molecule has 0 aromatic carbocycles. The van der Waals surface area contributed by atoms with Crippen LogP contribution in [0.5, 0.6) is 0 Å². The van der Waals surface area contributed by atoms with Crippen molar-refractivity contribution in [3.63, 3.8) is 0 Å². The molecule has 0 radical (unpaired) electrons. The first kappa shape index (κ1) is 55.9. The summed E-state index contributed by atoms with van der Waals surface area (Å²) in [5, 5.41) is 9.34. The highest BCUT2D eigenvalue weighted by molar-refractivity contribution is 5.72. The lowest BCUT2D eigenvalue weighted by Crippen LogP contribution is -2.42. The zero-order chi connectivity index (χ0) is 42.9. The Morgan fingerprint density at radius 2 is 0.763 bits per heavy atom. The van der Waals surface area contributed by atoms with E-state index in [-0.39, 0.29) is 35.8 Å². The van der Waals surface area contributed by atoms with Crippen molar-refractivity contribution in [1.29, 1.82) is 0 Å². The molecule has 1 fully saturated rings. The van der Waals surface area contributed by atoms with Crippen LogP contribution in [0.4, 0.5) is 0 Å². The molecular weight excluding hydrogens is 731 g/mol. The van der Waals surface area contributed by atoms with Crippen LogP contribution in [0, 0.1) is 17.3 Å². The summed E-state index contributed by atoms with van der Waals surface area (Å²) in [4.78, 5) is 29.9. The van der Waals surface area contributed by atoms with Gasteiger partial charge >= 0.3 is 11.9 Å². The van der Waals surface area contributed by atoms with E-state index >= 15 is 0 Å². The fourth-order valence-electron chi connectivity index (χ4n) is 9.45. The number of rotatable bonds is 44. The Morgan fingerprint density at radius 3 is 1.07 bits per heavy atom. The monoisotopic (exact) mass is 834 g/mol. The van der Waals surface area contributed by atoms with Crippen LogP contribution in [-0.4, -0.2) is 61.4 Å². The van der Waals surface area contributed by atoms with Crippen LogP contribution in [0.25, 0.3) is 0 Å². The number of carbonyl (C=O) groups excluding carboxylic acids is 2. The Bertz CT molecular complexity index is 822. The number of piperidine rings is 1. The van der Waals surface area contributed by atoms with E-state index in [1.54, 1.807) is 0 Å². The maximum absolute atomic E-state index is 13.7. The number of esters is 2. The van der Waals surface area contributed by atoms with E-state index in [4.69, 9.17) is 9.47 Å². The summed E-state index contributed by atoms with van der Waals surface area (Å²) < 4.78 is 12.4. The van der Waals surface area contributed by atoms with Gasteiger partial charge in [0.05, 0.1) is 25.0 Å². The molecule has 59 heavy (non-hydrogen) atoms. The molecule has 0 bridgehead atoms. The molecule has 1 aliphatic heterocycles. The van der Waals surface area contributed by atoms with Crippen LogP contribution in [0.2, 0.25) is 0 Å². The number of ether oxygens (including phenoxy) is 2. The van der Waals surface area contributed by atoms with Gasteiger partial charge in [-0.15, -0.1) is 0 Å². The Morgan fingerprint density at radius 1 is 0.458 bits per heavy atom. The van der Waals surface area contributed by atoms with Crippen LogP contribution in [-0.2, 0) is 19.1 Å². The summed E-state index contributed by atoms with van der Waals surface area (Å²) in [7, 11) is 0. The van der Waals surface area contributed by atoms with E-state index in [0.717, 1.165) is 110 Å². The third-order valence-corrected chi connectivity index (χ3v) is 13.8. The molecule has 0 aromatic heterocycles. The van der Waals surface area contributed by atoms with Crippen LogP contribution in [0.15, 0.2) is 0 Å². The van der Waals surface area contributed by atoms with Gasteiger partial charge in [0.15, 0.2) is 0 Å². The SMILES string of the molecule is CCCCCCCCCC(CCCCCCCCC)C(=O)OCCC1(CCOC(=O)C(CCCCCCCCC)CCCCCCCCC)CCN(CCCCO)CC1. The van der Waals surface area contributed by atoms with Crippen molar-refractivity contribution >= 4 is 11.9 Å². The number of likely N-dealkylation sites (tertiary alicyclic amines) is 1. The zero-order valence-electron chi connectivity index (χ0n) is 40.3. The standard InChI is InChI=1S/C53H103NO5/c1-5-9-13-17-21-25-29-35-49(36-30-26-22-18-14-10-6-2)51(56)58-47-41-53(39-44-54(45-40-53)43-33-34-46-55)42-48-59-52(57)50(37-31-27-23-19-15-11-7-3)38-32-28-24-20-16-12-8-4/h49-50,55H,5-48H2,1-4H3. The van der Waals surface area contributed by atoms with E-state index in [9.17, 15) is 14.7 Å². The van der Waals surface area contributed by atoms with Crippen molar-refractivity contribution in [2.45, 2.75) is 272 Å². The number of aliphatic hydroxyl groups excluding tert-OH is 1. The molecule has 1 N–H and O–H groups in total. The smallest absolute Gasteiger partial charge is 0.308 e. The predicted molar refractivity (Wildman–Crippen MR) is 253 cm³/mol. The summed E-state index contributed by atoms with van der Waals surface area (Å²) >= 11 is 0. The van der Waals surface area contributed by atoms with Crippen molar-refractivity contribution < 1.29 is 24.2 Å². The van der Waals surface area contributed by atoms with E-state index in [0.29, 0.717) is 13.2 Å². The Balaban J connectivity index is 2.83. The maximum atomic E-state index is 13.7. The minimum atomic E-state index is 0.0208. The lowest BCUT2D eigenvalue weighted by molar-refractivity contribution is -0.151. The van der Waals surface area contributed by atoms with Gasteiger partial charge in [-0.05, 0) is 89.3 Å². The molecule has 0 atom stereocenters. The highest BCUT2D eigenvalue weighted by Crippen LogP contribution is 2.39. The van der Waals surface area contributed by atoms with Crippen molar-refractivity contribution in [2.24, 2.45) is 17.3 Å². The zero-order valence-corrected chi connectivity index (χ0v) is 40.3. The fourth-order valence-corrected chi connectivity index (χ4v) is 9.45. The van der Waals surface area contributed by atoms with Gasteiger partial charge < -0.3 is 19.5 Å². The van der Waals surface area contributed by atoms with Crippen molar-refractivity contribution in [3.05, 3.63) is 0 Å². The van der Waals surface area contributed by atoms with E-state index < -0.39 is 0 Å². The normalized spacial score (nSPS) is 14.4. The molecule has 1 saturated heterocycles. The highest BCUT2D eigenvalue weighted by atomic mass is 16.5. The van der Waals surface area contributed by atoms with Crippen molar-refractivity contribution in [1.82, 2.24) is 4.90 Å². The third-order valence-electron chi connectivity index (χ3n) is 13.8. The molecule has 6 nitrogen and oxygen atoms in total. The van der Waals surface area contributed by atoms with Gasteiger partial charge in [-0.2, -0.15) is 0 Å². The van der Waals surface area contributed by atoms with Gasteiger partial charge in [0.1, 0.15) is 0 Å². The van der Waals surface area contributed by atoms with Crippen LogP contribution in [0.3, 0.4) is 0 Å². The minimum absolute atomic E-state index is 0.0208. The van der Waals surface area contributed by atoms with Crippen molar-refractivity contribution in [2.75, 3.05) is 39.5 Å². The molecule has 0 amide bonds. The van der Waals surface area contributed by atoms with Gasteiger partial charge in [0, 0.05) is 6.61 Å². The van der Waals surface area contributed by atoms with Crippen LogP contribution < -0.4 is 0 Å². The topological polar surface area (TPSA) is 76.1 Å². The molecule has 1 rings (SSSR count). The molecular formula is C53H103NO5. The second kappa shape index (κ2) is 40.9. The summed E-state index contributed by atoms with van der Waals surface area (Å²) in [5.41, 5.74) is 0.0208. The minimum Gasteiger partial charge on any atom is -0.465 e. The second-order valence-corrected chi connectivity index (χ2v) is 19.1. The second-order valence-electron chi connectivity index (χ2n) is 19.1. The number of unbranched alkanes of at least 4 members (excludes halogenated alkanes) is 25. The van der Waals surface area contributed by atoms with Crippen molar-refractivity contribution in [3.8, 4) is 0 Å². The summed E-state index contributed by atoms with van der Waals surface area (Å²) in [6.45, 7) is 13.4. The summed E-state index contributed by atoms with van der Waals surface area (Å²) in [6.07, 6.45) is 45.1. The number of hydrogen-bond donors (Lipinski definition) is 1. The molecule has 1 aliphatic rings. The average molecular weight is 834 g/mol. The van der Waals surface area contributed by atoms with E-state index in [1.807, 2.05) is 0 Å². The number of hydrogen-bond acceptors (Lipinski definition) is 6. The predicted octanol–water partition coefficient (Wildman–Crippen LogP) is 15.5. The Hall–Kier alpha value is -1.14. The lowest BCUT2D eigenvalue weighted by Gasteiger charge is -2.42. The molecule has 350 valence electrons. The molecule has 0 saturated carbocycles. The highest BCUT2D eigenvalue weighted by Gasteiger charge is 2.35. The van der Waals surface area contributed by atoms with E-state index in [1.165, 1.54) is 154 Å². The van der Waals surface area contributed by atoms with Gasteiger partial charge in [0.2, 0.25) is 0 Å². The summed E-state index contributed by atoms with van der Waals surface area (Å²) in [5.74, 6) is 0.111. The number of aliphatic hydroxyl groups is 1. The first-order valence-electron chi connectivity index (χ1n) is 26.6. The van der Waals surface area contributed by atoms with Crippen LogP contribution in [0.1, 0.15) is 272 Å². The van der Waals surface area contributed by atoms with Crippen LogP contribution >= 0.6 is 0 Å². The summed E-state index contributed by atoms with van der Waals surface area (Å²) in [6, 6.07) is 0. The molecule has 1 heterocycles. The molecule has 0 aliphatic carbocycles. The van der Waals surface area contributed by atoms with Gasteiger partial charge in [-0.25, -0.2) is 0 Å². The molecule has 0 aromatic rings. The Kier molecular flexibility index (Phi) is 38.7. The largest absolute Gasteiger partial charge is 0.465 e. The Labute approximate surface area is 368 Å². The lowest BCUT2D eigenvalue weighted by atomic mass is 9.73. The molecule has 6 heteroatoms. The first-order valence-corrected chi connectivity index (χ1v) is 26.6. The molecule has 0 unspecified atom stereocenters. The maximum Gasteiger partial charge on any atom is 0.308 e. The third kappa shape index (κ3) is 31.4. The van der Waals surface area contributed by atoms with Gasteiger partial charge in [0.25, 0.3) is 0 Å². The fraction of sp³-hybridized carbons (Fsp3) is 0.962. The van der Waals surface area contributed by atoms with Gasteiger partial charge in [-0.1, -0.05) is 207 Å². The molecule has 0 spiro atoms. The quantitative estimate of drug-likeness (QED) is 0.0487. The van der Waals surface area contributed by atoms with Gasteiger partial charge in [-0.3, -0.25) is 9.59 Å². The van der Waals surface area contributed by atoms with E-state index in [2.05, 4.69) is 32.6 Å².